The van der Waals surface area contributed by atoms with Gasteiger partial charge in [-0.1, -0.05) is 27.7 Å². The van der Waals surface area contributed by atoms with E-state index in [2.05, 4.69) is 33.0 Å². The van der Waals surface area contributed by atoms with Gasteiger partial charge in [0, 0.05) is 36.4 Å². The predicted octanol–water partition coefficient (Wildman–Crippen LogP) is 3.08. The molecule has 2 fully saturated rings. The standard InChI is InChI=1S/C25H33NO6/c1-12-6-7-19-23(3,4)21(29)18(31-13(2)27)10-24(19,5)25(12)9-15-17(28)8-14-16(20(15)32-25)11-26-22(14)30/h8,12,18-19,21,28-29H,6-7,9-11H2,1-5H3,(H,26,30)/t12-,18?,19+,21-,24+,25-/m1/s1. The minimum atomic E-state index is -0.766. The summed E-state index contributed by atoms with van der Waals surface area (Å²) in [6, 6.07) is 1.56. The Morgan fingerprint density at radius 3 is 2.66 bits per heavy atom. The van der Waals surface area contributed by atoms with Crippen LogP contribution in [0.2, 0.25) is 0 Å². The Hall–Kier alpha value is -2.28. The molecule has 0 radical (unpaired) electrons. The summed E-state index contributed by atoms with van der Waals surface area (Å²) >= 11 is 0. The molecule has 32 heavy (non-hydrogen) atoms. The first-order valence-corrected chi connectivity index (χ1v) is 11.6. The smallest absolute Gasteiger partial charge is 0.302 e. The topological polar surface area (TPSA) is 105 Å². The highest BCUT2D eigenvalue weighted by Crippen LogP contribution is 2.67. The van der Waals surface area contributed by atoms with Gasteiger partial charge in [0.2, 0.25) is 0 Å². The van der Waals surface area contributed by atoms with Crippen LogP contribution in [0.25, 0.3) is 0 Å². The summed E-state index contributed by atoms with van der Waals surface area (Å²) in [4.78, 5) is 24.1. The number of esters is 1. The van der Waals surface area contributed by atoms with Gasteiger partial charge >= 0.3 is 5.97 Å². The molecule has 2 heterocycles. The quantitative estimate of drug-likeness (QED) is 0.576. The number of benzene rings is 1. The van der Waals surface area contributed by atoms with E-state index in [4.69, 9.17) is 9.47 Å². The molecule has 1 aromatic rings. The average molecular weight is 444 g/mol. The lowest BCUT2D eigenvalue weighted by atomic mass is 9.43. The summed E-state index contributed by atoms with van der Waals surface area (Å²) in [7, 11) is 0. The molecule has 0 saturated heterocycles. The number of nitrogens with one attached hydrogen (secondary N) is 1. The zero-order valence-corrected chi connectivity index (χ0v) is 19.4. The number of hydrogen-bond donors (Lipinski definition) is 3. The third-order valence-corrected chi connectivity index (χ3v) is 9.23. The molecule has 2 aliphatic heterocycles. The molecule has 2 saturated carbocycles. The lowest BCUT2D eigenvalue weighted by Crippen LogP contribution is -2.69. The van der Waals surface area contributed by atoms with Crippen molar-refractivity contribution in [1.82, 2.24) is 5.32 Å². The number of aliphatic hydroxyl groups excluding tert-OH is 1. The highest BCUT2D eigenvalue weighted by molar-refractivity contribution is 6.00. The van der Waals surface area contributed by atoms with Crippen molar-refractivity contribution in [2.24, 2.45) is 22.7 Å². The van der Waals surface area contributed by atoms with Crippen molar-refractivity contribution in [3.05, 3.63) is 22.8 Å². The number of phenols is 1. The second-order valence-electron chi connectivity index (χ2n) is 11.1. The zero-order valence-electron chi connectivity index (χ0n) is 19.4. The Labute approximate surface area is 188 Å². The van der Waals surface area contributed by atoms with E-state index in [0.29, 0.717) is 30.7 Å². The maximum atomic E-state index is 12.3. The number of carbonyl (C=O) groups excluding carboxylic acids is 2. The van der Waals surface area contributed by atoms with Gasteiger partial charge in [0.05, 0.1) is 11.7 Å². The van der Waals surface area contributed by atoms with E-state index in [0.717, 1.165) is 24.0 Å². The molecule has 1 spiro atoms. The summed E-state index contributed by atoms with van der Waals surface area (Å²) in [6.07, 6.45) is 1.50. The number of fused-ring (bicyclic) bond motifs is 5. The molecular formula is C25H33NO6. The third kappa shape index (κ3) is 2.57. The van der Waals surface area contributed by atoms with E-state index >= 15 is 0 Å². The van der Waals surface area contributed by atoms with Crippen molar-refractivity contribution in [3.8, 4) is 11.5 Å². The van der Waals surface area contributed by atoms with Gasteiger partial charge in [-0.05, 0) is 42.6 Å². The molecular weight excluding hydrogens is 410 g/mol. The first-order chi connectivity index (χ1) is 14.9. The zero-order chi connectivity index (χ0) is 23.2. The molecule has 5 rings (SSSR count). The van der Waals surface area contributed by atoms with Gasteiger partial charge in [-0.2, -0.15) is 0 Å². The molecule has 1 aromatic carbocycles. The number of ether oxygens (including phenoxy) is 2. The number of rotatable bonds is 1. The van der Waals surface area contributed by atoms with Crippen LogP contribution < -0.4 is 10.1 Å². The first-order valence-electron chi connectivity index (χ1n) is 11.6. The Kier molecular flexibility index (Phi) is 4.46. The van der Waals surface area contributed by atoms with Crippen LogP contribution in [0.15, 0.2) is 6.07 Å². The number of amides is 1. The highest BCUT2D eigenvalue weighted by atomic mass is 16.6. The summed E-state index contributed by atoms with van der Waals surface area (Å²) in [6.45, 7) is 10.3. The SMILES string of the molecule is CC(=O)OC1C[C@@]2(C)[C@@H](CC[C@@H](C)[C@]23Cc2c(O)cc4c(c2O3)CNC4=O)C(C)(C)[C@@H]1O. The summed E-state index contributed by atoms with van der Waals surface area (Å²) in [5.74, 6) is 0.440. The molecule has 4 aliphatic rings. The van der Waals surface area contributed by atoms with Crippen LogP contribution in [-0.4, -0.2) is 39.9 Å². The van der Waals surface area contributed by atoms with Gasteiger partial charge in [-0.3, -0.25) is 9.59 Å². The fourth-order valence-corrected chi connectivity index (χ4v) is 7.61. The molecule has 1 amide bonds. The lowest BCUT2D eigenvalue weighted by molar-refractivity contribution is -0.245. The molecule has 3 N–H and O–H groups in total. The van der Waals surface area contributed by atoms with Crippen LogP contribution in [0, 0.1) is 22.7 Å². The lowest BCUT2D eigenvalue weighted by Gasteiger charge is -2.65. The van der Waals surface area contributed by atoms with Crippen LogP contribution in [0.4, 0.5) is 0 Å². The van der Waals surface area contributed by atoms with Gasteiger partial charge in [-0.15, -0.1) is 0 Å². The number of aliphatic hydroxyl groups is 1. The second kappa shape index (κ2) is 6.62. The third-order valence-electron chi connectivity index (χ3n) is 9.23. The van der Waals surface area contributed by atoms with Crippen molar-refractivity contribution in [2.75, 3.05) is 0 Å². The Bertz CT molecular complexity index is 1020. The Balaban J connectivity index is 1.64. The first kappa shape index (κ1) is 21.6. The van der Waals surface area contributed by atoms with Crippen LogP contribution >= 0.6 is 0 Å². The van der Waals surface area contributed by atoms with Crippen molar-refractivity contribution in [2.45, 2.75) is 84.7 Å². The molecule has 7 heteroatoms. The molecule has 174 valence electrons. The minimum Gasteiger partial charge on any atom is -0.508 e. The van der Waals surface area contributed by atoms with Gasteiger partial charge in [0.15, 0.2) is 0 Å². The van der Waals surface area contributed by atoms with Crippen LogP contribution in [0.1, 0.15) is 75.4 Å². The largest absolute Gasteiger partial charge is 0.508 e. The van der Waals surface area contributed by atoms with Crippen molar-refractivity contribution in [3.63, 3.8) is 0 Å². The van der Waals surface area contributed by atoms with Crippen LogP contribution in [0.5, 0.6) is 11.5 Å². The normalized spacial score (nSPS) is 39.0. The fraction of sp³-hybridized carbons (Fsp3) is 0.680. The molecule has 0 aromatic heterocycles. The van der Waals surface area contributed by atoms with Crippen LogP contribution in [0.3, 0.4) is 0 Å². The second-order valence-corrected chi connectivity index (χ2v) is 11.1. The van der Waals surface area contributed by atoms with Gasteiger partial charge < -0.3 is 25.0 Å². The summed E-state index contributed by atoms with van der Waals surface area (Å²) in [5, 5.41) is 24.8. The maximum Gasteiger partial charge on any atom is 0.302 e. The van der Waals surface area contributed by atoms with E-state index in [1.165, 1.54) is 6.92 Å². The average Bonchev–Trinajstić information content (AvgIpc) is 3.27. The fourth-order valence-electron chi connectivity index (χ4n) is 7.61. The van der Waals surface area contributed by atoms with Crippen molar-refractivity contribution in [1.29, 1.82) is 0 Å². The van der Waals surface area contributed by atoms with Gasteiger partial charge in [0.1, 0.15) is 23.2 Å². The van der Waals surface area contributed by atoms with E-state index < -0.39 is 34.6 Å². The maximum absolute atomic E-state index is 12.3. The minimum absolute atomic E-state index is 0.0947. The summed E-state index contributed by atoms with van der Waals surface area (Å²) < 4.78 is 12.5. The number of carbonyl (C=O) groups is 2. The van der Waals surface area contributed by atoms with E-state index in [-0.39, 0.29) is 23.5 Å². The van der Waals surface area contributed by atoms with E-state index in [1.54, 1.807) is 6.07 Å². The molecule has 1 unspecified atom stereocenters. The molecule has 0 bridgehead atoms. The Morgan fingerprint density at radius 2 is 1.97 bits per heavy atom. The summed E-state index contributed by atoms with van der Waals surface area (Å²) in [5.41, 5.74) is 0.500. The number of aromatic hydroxyl groups is 1. The van der Waals surface area contributed by atoms with Crippen molar-refractivity contribution < 1.29 is 29.3 Å². The number of phenolic OH excluding ortho intramolecular Hbond substituents is 1. The number of hydrogen-bond acceptors (Lipinski definition) is 6. The van der Waals surface area contributed by atoms with E-state index in [9.17, 15) is 19.8 Å². The predicted molar refractivity (Wildman–Crippen MR) is 116 cm³/mol. The van der Waals surface area contributed by atoms with E-state index in [1.807, 2.05) is 0 Å². The highest BCUT2D eigenvalue weighted by Gasteiger charge is 2.69. The molecule has 2 aliphatic carbocycles. The van der Waals surface area contributed by atoms with Crippen LogP contribution in [-0.2, 0) is 22.5 Å². The monoisotopic (exact) mass is 443 g/mol. The van der Waals surface area contributed by atoms with Gasteiger partial charge in [-0.25, -0.2) is 0 Å². The van der Waals surface area contributed by atoms with Crippen molar-refractivity contribution >= 4 is 11.9 Å². The molecule has 7 nitrogen and oxygen atoms in total. The molecule has 6 atom stereocenters. The van der Waals surface area contributed by atoms with Gasteiger partial charge in [0.25, 0.3) is 5.91 Å². The Morgan fingerprint density at radius 1 is 1.25 bits per heavy atom.